The molecule has 1 rings (SSSR count). The first-order chi connectivity index (χ1) is 6.52. The lowest BCUT2D eigenvalue weighted by Crippen LogP contribution is -1.97. The van der Waals surface area contributed by atoms with Crippen molar-refractivity contribution in [2.24, 2.45) is 0 Å². The van der Waals surface area contributed by atoms with Gasteiger partial charge >= 0.3 is 5.97 Å². The van der Waals surface area contributed by atoms with Gasteiger partial charge in [0.25, 0.3) is 0 Å². The van der Waals surface area contributed by atoms with Gasteiger partial charge in [-0.1, -0.05) is 12.1 Å². The van der Waals surface area contributed by atoms with Gasteiger partial charge in [-0.05, 0) is 52.8 Å². The van der Waals surface area contributed by atoms with E-state index in [0.29, 0.717) is 5.56 Å². The van der Waals surface area contributed by atoms with Crippen LogP contribution in [0, 0.1) is 3.57 Å². The van der Waals surface area contributed by atoms with Crippen LogP contribution in [-0.4, -0.2) is 11.1 Å². The summed E-state index contributed by atoms with van der Waals surface area (Å²) in [6.07, 6.45) is 0. The normalized spacial score (nSPS) is 12.2. The van der Waals surface area contributed by atoms with Crippen molar-refractivity contribution in [1.82, 2.24) is 0 Å². The third kappa shape index (κ3) is 2.54. The van der Waals surface area contributed by atoms with Crippen molar-refractivity contribution >= 4 is 34.1 Å². The maximum atomic E-state index is 13.0. The van der Waals surface area contributed by atoms with Gasteiger partial charge in [0.15, 0.2) is 0 Å². The summed E-state index contributed by atoms with van der Waals surface area (Å²) in [5, 5.41) is 8.43. The second-order valence-electron chi connectivity index (χ2n) is 2.75. The molecule has 1 aromatic rings. The molecule has 0 bridgehead atoms. The van der Waals surface area contributed by atoms with Crippen LogP contribution < -0.4 is 0 Å². The fraction of sp³-hybridized carbons (Fsp3) is 0.100. The number of aliphatic carboxylic acids is 1. The third-order valence-corrected chi connectivity index (χ3v) is 2.51. The predicted octanol–water partition coefficient (Wildman–Crippen LogP) is 3.08. The highest BCUT2D eigenvalue weighted by Gasteiger charge is 2.11. The Bertz CT molecular complexity index is 382. The summed E-state index contributed by atoms with van der Waals surface area (Å²) in [4.78, 5) is 10.3. The molecule has 0 unspecified atom stereocenters. The summed E-state index contributed by atoms with van der Waals surface area (Å²) >= 11 is 2.12. The average Bonchev–Trinajstić information content (AvgIpc) is 2.16. The first kappa shape index (κ1) is 11.2. The Morgan fingerprint density at radius 2 is 1.86 bits per heavy atom. The Hall–Kier alpha value is -0.910. The quantitative estimate of drug-likeness (QED) is 0.673. The molecule has 0 spiro atoms. The maximum Gasteiger partial charge on any atom is 0.365 e. The minimum Gasteiger partial charge on any atom is -0.476 e. The first-order valence-electron chi connectivity index (χ1n) is 3.88. The zero-order valence-corrected chi connectivity index (χ0v) is 9.58. The van der Waals surface area contributed by atoms with Crippen molar-refractivity contribution in [2.45, 2.75) is 6.92 Å². The molecule has 0 atom stereocenters. The van der Waals surface area contributed by atoms with Crippen molar-refractivity contribution in [3.63, 3.8) is 0 Å². The second kappa shape index (κ2) is 4.54. The van der Waals surface area contributed by atoms with Gasteiger partial charge in [0.2, 0.25) is 5.83 Å². The van der Waals surface area contributed by atoms with Crippen molar-refractivity contribution in [3.8, 4) is 0 Å². The lowest BCUT2D eigenvalue weighted by Gasteiger charge is -2.01. The van der Waals surface area contributed by atoms with Crippen LogP contribution in [0.15, 0.2) is 30.1 Å². The Morgan fingerprint density at radius 3 is 2.29 bits per heavy atom. The molecule has 1 aromatic carbocycles. The van der Waals surface area contributed by atoms with Gasteiger partial charge < -0.3 is 5.11 Å². The van der Waals surface area contributed by atoms with E-state index in [1.165, 1.54) is 6.92 Å². The molecular weight excluding hydrogens is 298 g/mol. The van der Waals surface area contributed by atoms with E-state index in [2.05, 4.69) is 22.6 Å². The van der Waals surface area contributed by atoms with Crippen LogP contribution in [0.1, 0.15) is 12.5 Å². The van der Waals surface area contributed by atoms with Gasteiger partial charge in [0, 0.05) is 3.57 Å². The summed E-state index contributed by atoms with van der Waals surface area (Å²) in [6, 6.07) is 6.99. The van der Waals surface area contributed by atoms with Gasteiger partial charge in [0.05, 0.1) is 0 Å². The number of hydrogen-bond acceptors (Lipinski definition) is 1. The van der Waals surface area contributed by atoms with E-state index in [0.717, 1.165) is 3.57 Å². The number of benzene rings is 1. The standard InChI is InChI=1S/C10H8FIO2/c1-6(9(11)10(13)14)7-2-4-8(12)5-3-7/h2-5H,1H3,(H,13,14)/b9-6-. The van der Waals surface area contributed by atoms with Gasteiger partial charge in [-0.2, -0.15) is 4.39 Å². The van der Waals surface area contributed by atoms with E-state index >= 15 is 0 Å². The molecule has 0 aliphatic carbocycles. The molecule has 0 fully saturated rings. The number of rotatable bonds is 2. The van der Waals surface area contributed by atoms with E-state index in [-0.39, 0.29) is 5.57 Å². The highest BCUT2D eigenvalue weighted by molar-refractivity contribution is 14.1. The van der Waals surface area contributed by atoms with Crippen molar-refractivity contribution in [1.29, 1.82) is 0 Å². The maximum absolute atomic E-state index is 13.0. The number of hydrogen-bond donors (Lipinski definition) is 1. The van der Waals surface area contributed by atoms with E-state index in [4.69, 9.17) is 5.11 Å². The zero-order valence-electron chi connectivity index (χ0n) is 7.42. The summed E-state index contributed by atoms with van der Waals surface area (Å²) in [5.74, 6) is -2.63. The molecule has 0 heterocycles. The Kier molecular flexibility index (Phi) is 3.62. The molecule has 4 heteroatoms. The topological polar surface area (TPSA) is 37.3 Å². The number of carboxylic acids is 1. The van der Waals surface area contributed by atoms with Crippen molar-refractivity contribution in [2.75, 3.05) is 0 Å². The minimum absolute atomic E-state index is 0.147. The van der Waals surface area contributed by atoms with Crippen molar-refractivity contribution < 1.29 is 14.3 Å². The lowest BCUT2D eigenvalue weighted by molar-refractivity contribution is -0.134. The van der Waals surface area contributed by atoms with Crippen LogP contribution >= 0.6 is 22.6 Å². The smallest absolute Gasteiger partial charge is 0.365 e. The summed E-state index contributed by atoms with van der Waals surface area (Å²) in [7, 11) is 0. The molecule has 2 nitrogen and oxygen atoms in total. The molecular formula is C10H8FIO2. The number of halogens is 2. The van der Waals surface area contributed by atoms with Gasteiger partial charge in [-0.3, -0.25) is 0 Å². The Morgan fingerprint density at radius 1 is 1.36 bits per heavy atom. The second-order valence-corrected chi connectivity index (χ2v) is 4.00. The summed E-state index contributed by atoms with van der Waals surface area (Å²) < 4.78 is 14.0. The first-order valence-corrected chi connectivity index (χ1v) is 4.96. The SMILES string of the molecule is C/C(=C(/F)C(=O)O)c1ccc(I)cc1. The molecule has 74 valence electrons. The van der Waals surface area contributed by atoms with E-state index in [1.807, 2.05) is 0 Å². The van der Waals surface area contributed by atoms with Crippen LogP contribution in [0.4, 0.5) is 4.39 Å². The van der Waals surface area contributed by atoms with Gasteiger partial charge in [-0.25, -0.2) is 4.79 Å². The van der Waals surface area contributed by atoms with Crippen molar-refractivity contribution in [3.05, 3.63) is 39.2 Å². The summed E-state index contributed by atoms with van der Waals surface area (Å²) in [6.45, 7) is 1.45. The van der Waals surface area contributed by atoms with E-state index in [1.54, 1.807) is 24.3 Å². The number of allylic oxidation sites excluding steroid dienone is 1. The van der Waals surface area contributed by atoms with Crippen LogP contribution in [0.2, 0.25) is 0 Å². The highest BCUT2D eigenvalue weighted by Crippen LogP contribution is 2.20. The van der Waals surface area contributed by atoms with Crippen LogP contribution in [0.3, 0.4) is 0 Å². The Labute approximate surface area is 94.6 Å². The molecule has 0 amide bonds. The minimum atomic E-state index is -1.53. The van der Waals surface area contributed by atoms with E-state index in [9.17, 15) is 9.18 Å². The third-order valence-electron chi connectivity index (χ3n) is 1.79. The predicted molar refractivity (Wildman–Crippen MR) is 60.5 cm³/mol. The van der Waals surface area contributed by atoms with Gasteiger partial charge in [-0.15, -0.1) is 0 Å². The average molecular weight is 306 g/mol. The monoisotopic (exact) mass is 306 g/mol. The van der Waals surface area contributed by atoms with Crippen LogP contribution in [0.25, 0.3) is 5.57 Å². The number of carboxylic acid groups (broad SMARTS) is 1. The molecule has 0 aliphatic rings. The lowest BCUT2D eigenvalue weighted by atomic mass is 10.1. The zero-order chi connectivity index (χ0) is 10.7. The highest BCUT2D eigenvalue weighted by atomic mass is 127. The fourth-order valence-corrected chi connectivity index (χ4v) is 1.35. The molecule has 14 heavy (non-hydrogen) atoms. The number of carbonyl (C=O) groups is 1. The molecule has 0 radical (unpaired) electrons. The van der Waals surface area contributed by atoms with Crippen LogP contribution in [0.5, 0.6) is 0 Å². The Balaban J connectivity index is 3.12. The molecule has 0 saturated carbocycles. The van der Waals surface area contributed by atoms with E-state index < -0.39 is 11.8 Å². The molecule has 0 aliphatic heterocycles. The molecule has 0 aromatic heterocycles. The molecule has 0 saturated heterocycles. The van der Waals surface area contributed by atoms with Crippen LogP contribution in [-0.2, 0) is 4.79 Å². The van der Waals surface area contributed by atoms with Gasteiger partial charge in [0.1, 0.15) is 0 Å². The fourth-order valence-electron chi connectivity index (χ4n) is 0.987. The summed E-state index contributed by atoms with van der Waals surface area (Å²) in [5.41, 5.74) is 0.735. The largest absolute Gasteiger partial charge is 0.476 e. The molecule has 1 N–H and O–H groups in total.